The van der Waals surface area contributed by atoms with E-state index in [0.29, 0.717) is 24.3 Å². The molecule has 0 aromatic heterocycles. The maximum atomic E-state index is 12.8. The Morgan fingerprint density at radius 3 is 2.80 bits per heavy atom. The summed E-state index contributed by atoms with van der Waals surface area (Å²) in [5, 5.41) is 0. The van der Waals surface area contributed by atoms with Gasteiger partial charge in [-0.25, -0.2) is 4.39 Å². The Kier molecular flexibility index (Phi) is 2.58. The Balaban J connectivity index is 2.31. The Labute approximate surface area is 87.7 Å². The molecule has 2 N–H and O–H groups in total. The number of carbonyl (C=O) groups is 1. The fourth-order valence-corrected chi connectivity index (χ4v) is 1.83. The van der Waals surface area contributed by atoms with Crippen molar-refractivity contribution in [3.63, 3.8) is 0 Å². The third kappa shape index (κ3) is 1.93. The molecular formula is C11H13FN2O. The van der Waals surface area contributed by atoms with Gasteiger partial charge < -0.3 is 10.6 Å². The van der Waals surface area contributed by atoms with Crippen molar-refractivity contribution < 1.29 is 9.18 Å². The number of nitrogens with two attached hydrogens (primary N) is 1. The summed E-state index contributed by atoms with van der Waals surface area (Å²) < 4.78 is 12.8. The molecule has 4 heteroatoms. The second-order valence-electron chi connectivity index (χ2n) is 3.71. The summed E-state index contributed by atoms with van der Waals surface area (Å²) in [4.78, 5) is 13.2. The van der Waals surface area contributed by atoms with Gasteiger partial charge in [-0.15, -0.1) is 0 Å². The fourth-order valence-electron chi connectivity index (χ4n) is 1.83. The van der Waals surface area contributed by atoms with Crippen LogP contribution in [0.5, 0.6) is 0 Å². The molecule has 2 rings (SSSR count). The molecule has 0 saturated carbocycles. The van der Waals surface area contributed by atoms with E-state index in [1.807, 2.05) is 0 Å². The molecule has 0 atom stereocenters. The third-order valence-corrected chi connectivity index (χ3v) is 2.60. The number of carbonyl (C=O) groups excluding carboxylic acids is 1. The average Bonchev–Trinajstić information content (AvgIpc) is 2.20. The van der Waals surface area contributed by atoms with E-state index in [4.69, 9.17) is 5.73 Å². The SMILES string of the molecule is Nc1cc(F)ccc1N1CCCCC1=O. The molecule has 3 nitrogen and oxygen atoms in total. The second-order valence-corrected chi connectivity index (χ2v) is 3.71. The normalized spacial score (nSPS) is 16.9. The highest BCUT2D eigenvalue weighted by molar-refractivity contribution is 5.96. The summed E-state index contributed by atoms with van der Waals surface area (Å²) in [6.45, 7) is 0.675. The van der Waals surface area contributed by atoms with Crippen molar-refractivity contribution in [1.29, 1.82) is 0 Å². The van der Waals surface area contributed by atoms with Gasteiger partial charge >= 0.3 is 0 Å². The first-order chi connectivity index (χ1) is 7.18. The minimum Gasteiger partial charge on any atom is -0.397 e. The van der Waals surface area contributed by atoms with Crippen molar-refractivity contribution in [1.82, 2.24) is 0 Å². The van der Waals surface area contributed by atoms with Gasteiger partial charge in [0.2, 0.25) is 5.91 Å². The lowest BCUT2D eigenvalue weighted by Gasteiger charge is -2.27. The van der Waals surface area contributed by atoms with Crippen LogP contribution in [0.1, 0.15) is 19.3 Å². The number of halogens is 1. The van der Waals surface area contributed by atoms with Crippen LogP contribution in [-0.2, 0) is 4.79 Å². The van der Waals surface area contributed by atoms with Crippen molar-refractivity contribution in [3.8, 4) is 0 Å². The molecule has 0 bridgehead atoms. The molecule has 0 spiro atoms. The molecule has 0 radical (unpaired) electrons. The van der Waals surface area contributed by atoms with Crippen LogP contribution in [0.25, 0.3) is 0 Å². The Morgan fingerprint density at radius 2 is 2.13 bits per heavy atom. The highest BCUT2D eigenvalue weighted by Gasteiger charge is 2.21. The molecule has 1 fully saturated rings. The van der Waals surface area contributed by atoms with Crippen molar-refractivity contribution in [2.75, 3.05) is 17.2 Å². The highest BCUT2D eigenvalue weighted by Crippen LogP contribution is 2.27. The average molecular weight is 208 g/mol. The summed E-state index contributed by atoms with van der Waals surface area (Å²) in [5.41, 5.74) is 6.63. The van der Waals surface area contributed by atoms with E-state index in [-0.39, 0.29) is 11.7 Å². The number of rotatable bonds is 1. The molecule has 1 aliphatic rings. The fraction of sp³-hybridized carbons (Fsp3) is 0.364. The van der Waals surface area contributed by atoms with Gasteiger partial charge in [0.1, 0.15) is 5.82 Å². The first-order valence-corrected chi connectivity index (χ1v) is 5.04. The number of piperidine rings is 1. The van der Waals surface area contributed by atoms with E-state index in [9.17, 15) is 9.18 Å². The molecule has 15 heavy (non-hydrogen) atoms. The largest absolute Gasteiger partial charge is 0.397 e. The molecule has 1 heterocycles. The van der Waals surface area contributed by atoms with Crippen molar-refractivity contribution in [2.45, 2.75) is 19.3 Å². The zero-order valence-electron chi connectivity index (χ0n) is 8.37. The van der Waals surface area contributed by atoms with E-state index < -0.39 is 0 Å². The van der Waals surface area contributed by atoms with E-state index in [1.165, 1.54) is 12.1 Å². The third-order valence-electron chi connectivity index (χ3n) is 2.60. The van der Waals surface area contributed by atoms with Crippen LogP contribution >= 0.6 is 0 Å². The Morgan fingerprint density at radius 1 is 1.33 bits per heavy atom. The maximum Gasteiger partial charge on any atom is 0.227 e. The number of amides is 1. The Bertz CT molecular complexity index is 392. The first-order valence-electron chi connectivity index (χ1n) is 5.04. The van der Waals surface area contributed by atoms with E-state index >= 15 is 0 Å². The molecule has 1 amide bonds. The second kappa shape index (κ2) is 3.88. The minimum absolute atomic E-state index is 0.0690. The topological polar surface area (TPSA) is 46.3 Å². The first kappa shape index (κ1) is 9.96. The molecule has 80 valence electrons. The Hall–Kier alpha value is -1.58. The predicted molar refractivity (Wildman–Crippen MR) is 57.0 cm³/mol. The number of benzene rings is 1. The van der Waals surface area contributed by atoms with Crippen LogP contribution in [0.3, 0.4) is 0 Å². The van der Waals surface area contributed by atoms with Crippen LogP contribution in [0.15, 0.2) is 18.2 Å². The number of nitrogen functional groups attached to an aromatic ring is 1. The molecule has 1 aliphatic heterocycles. The summed E-state index contributed by atoms with van der Waals surface area (Å²) in [7, 11) is 0. The van der Waals surface area contributed by atoms with Crippen LogP contribution in [0.2, 0.25) is 0 Å². The lowest BCUT2D eigenvalue weighted by molar-refractivity contribution is -0.119. The van der Waals surface area contributed by atoms with E-state index in [2.05, 4.69) is 0 Å². The van der Waals surface area contributed by atoms with Gasteiger partial charge in [-0.05, 0) is 31.0 Å². The number of anilines is 2. The van der Waals surface area contributed by atoms with Crippen molar-refractivity contribution in [2.24, 2.45) is 0 Å². The molecular weight excluding hydrogens is 195 g/mol. The van der Waals surface area contributed by atoms with Crippen LogP contribution in [0.4, 0.5) is 15.8 Å². The van der Waals surface area contributed by atoms with Crippen LogP contribution in [-0.4, -0.2) is 12.5 Å². The summed E-state index contributed by atoms with van der Waals surface area (Å²) in [5.74, 6) is -0.305. The van der Waals surface area contributed by atoms with Gasteiger partial charge in [0.15, 0.2) is 0 Å². The maximum absolute atomic E-state index is 12.8. The van der Waals surface area contributed by atoms with Gasteiger partial charge in [-0.1, -0.05) is 0 Å². The number of hydrogen-bond acceptors (Lipinski definition) is 2. The van der Waals surface area contributed by atoms with Gasteiger partial charge in [0.25, 0.3) is 0 Å². The number of hydrogen-bond donors (Lipinski definition) is 1. The standard InChI is InChI=1S/C11H13FN2O/c12-8-4-5-10(9(13)7-8)14-6-2-1-3-11(14)15/h4-5,7H,1-3,6,13H2. The van der Waals surface area contributed by atoms with Gasteiger partial charge in [0, 0.05) is 13.0 Å². The number of nitrogens with zero attached hydrogens (tertiary/aromatic N) is 1. The monoisotopic (exact) mass is 208 g/mol. The van der Waals surface area contributed by atoms with Gasteiger partial charge in [-0.3, -0.25) is 4.79 Å². The molecule has 1 saturated heterocycles. The zero-order chi connectivity index (χ0) is 10.8. The summed E-state index contributed by atoms with van der Waals surface area (Å²) in [6, 6.07) is 4.14. The summed E-state index contributed by atoms with van der Waals surface area (Å²) in [6.07, 6.45) is 2.45. The van der Waals surface area contributed by atoms with Crippen LogP contribution in [0, 0.1) is 5.82 Å². The van der Waals surface area contributed by atoms with E-state index in [0.717, 1.165) is 12.8 Å². The quantitative estimate of drug-likeness (QED) is 0.717. The van der Waals surface area contributed by atoms with Gasteiger partial charge in [0.05, 0.1) is 11.4 Å². The smallest absolute Gasteiger partial charge is 0.227 e. The van der Waals surface area contributed by atoms with Gasteiger partial charge in [-0.2, -0.15) is 0 Å². The minimum atomic E-state index is -0.374. The van der Waals surface area contributed by atoms with Crippen molar-refractivity contribution >= 4 is 17.3 Å². The highest BCUT2D eigenvalue weighted by atomic mass is 19.1. The van der Waals surface area contributed by atoms with Crippen LogP contribution < -0.4 is 10.6 Å². The lowest BCUT2D eigenvalue weighted by atomic mass is 10.1. The zero-order valence-corrected chi connectivity index (χ0v) is 8.37. The molecule has 0 unspecified atom stereocenters. The predicted octanol–water partition coefficient (Wildman–Crippen LogP) is 1.92. The summed E-state index contributed by atoms with van der Waals surface area (Å²) >= 11 is 0. The lowest BCUT2D eigenvalue weighted by Crippen LogP contribution is -2.35. The molecule has 1 aromatic carbocycles. The van der Waals surface area contributed by atoms with E-state index in [1.54, 1.807) is 11.0 Å². The molecule has 0 aliphatic carbocycles. The van der Waals surface area contributed by atoms with Crippen molar-refractivity contribution in [3.05, 3.63) is 24.0 Å². The molecule has 1 aromatic rings.